The van der Waals surface area contributed by atoms with Gasteiger partial charge in [-0.3, -0.25) is 4.79 Å². The van der Waals surface area contributed by atoms with Gasteiger partial charge in [0, 0.05) is 31.7 Å². The Morgan fingerprint density at radius 3 is 2.80 bits per heavy atom. The van der Waals surface area contributed by atoms with Crippen LogP contribution in [0.1, 0.15) is 37.4 Å². The number of aromatic nitrogens is 1. The lowest BCUT2D eigenvalue weighted by molar-refractivity contribution is -0.917. The van der Waals surface area contributed by atoms with E-state index in [1.807, 2.05) is 35.9 Å². The molecule has 0 saturated carbocycles. The van der Waals surface area contributed by atoms with Gasteiger partial charge in [-0.2, -0.15) is 0 Å². The van der Waals surface area contributed by atoms with Gasteiger partial charge >= 0.3 is 5.97 Å². The molecule has 1 unspecified atom stereocenters. The van der Waals surface area contributed by atoms with E-state index in [1.165, 1.54) is 6.07 Å². The standard InChI is InChI=1S/C23H33FN2O4/c1-3-8-23(28)30-18-21(27)17-25(12-7-14-29-2)16-20-10-6-13-26(20)15-19-9-4-5-11-22(19)24/h4-6,9-11,13,21,27H,3,7-8,12,14-18H2,1-2H3/p+1/t21-/m0/s1. The van der Waals surface area contributed by atoms with Crippen molar-refractivity contribution >= 4 is 5.97 Å². The van der Waals surface area contributed by atoms with E-state index in [1.54, 1.807) is 19.2 Å². The summed E-state index contributed by atoms with van der Waals surface area (Å²) in [5.41, 5.74) is 1.69. The quantitative estimate of drug-likeness (QED) is 0.361. The van der Waals surface area contributed by atoms with Crippen LogP contribution in [0.25, 0.3) is 0 Å². The zero-order valence-electron chi connectivity index (χ0n) is 18.0. The van der Waals surface area contributed by atoms with Crippen molar-refractivity contribution < 1.29 is 28.7 Å². The average Bonchev–Trinajstić information content (AvgIpc) is 3.15. The fraction of sp³-hybridized carbons (Fsp3) is 0.522. The minimum absolute atomic E-state index is 0.00283. The van der Waals surface area contributed by atoms with Crippen LogP contribution in [0.5, 0.6) is 0 Å². The highest BCUT2D eigenvalue weighted by Gasteiger charge is 2.19. The molecule has 1 aromatic carbocycles. The van der Waals surface area contributed by atoms with E-state index in [2.05, 4.69) is 0 Å². The van der Waals surface area contributed by atoms with Crippen LogP contribution in [0, 0.1) is 5.82 Å². The number of esters is 1. The first-order chi connectivity index (χ1) is 14.5. The van der Waals surface area contributed by atoms with Crippen molar-refractivity contribution in [1.29, 1.82) is 0 Å². The Kier molecular flexibility index (Phi) is 10.5. The van der Waals surface area contributed by atoms with Crippen LogP contribution in [0.15, 0.2) is 42.6 Å². The number of rotatable bonds is 14. The van der Waals surface area contributed by atoms with Gasteiger partial charge in [-0.15, -0.1) is 0 Å². The van der Waals surface area contributed by atoms with E-state index in [0.29, 0.717) is 38.2 Å². The molecule has 0 radical (unpaired) electrons. The molecule has 166 valence electrons. The first-order valence-corrected chi connectivity index (χ1v) is 10.6. The zero-order chi connectivity index (χ0) is 21.8. The summed E-state index contributed by atoms with van der Waals surface area (Å²) in [7, 11) is 1.67. The third-order valence-corrected chi connectivity index (χ3v) is 4.95. The highest BCUT2D eigenvalue weighted by Crippen LogP contribution is 2.11. The third kappa shape index (κ3) is 8.26. The lowest BCUT2D eigenvalue weighted by atomic mass is 10.2. The molecule has 2 rings (SSSR count). The van der Waals surface area contributed by atoms with E-state index in [0.717, 1.165) is 30.0 Å². The number of aliphatic hydroxyl groups is 1. The maximum atomic E-state index is 14.1. The fourth-order valence-corrected chi connectivity index (χ4v) is 3.42. The zero-order valence-corrected chi connectivity index (χ0v) is 18.0. The van der Waals surface area contributed by atoms with Gasteiger partial charge in [-0.25, -0.2) is 4.39 Å². The number of carbonyl (C=O) groups is 1. The van der Waals surface area contributed by atoms with Crippen LogP contribution < -0.4 is 4.90 Å². The molecule has 0 spiro atoms. The molecule has 0 aliphatic rings. The second-order valence-electron chi connectivity index (χ2n) is 7.53. The highest BCUT2D eigenvalue weighted by molar-refractivity contribution is 5.69. The van der Waals surface area contributed by atoms with Gasteiger partial charge in [0.15, 0.2) is 0 Å². The lowest BCUT2D eigenvalue weighted by Crippen LogP contribution is -3.12. The van der Waals surface area contributed by atoms with Crippen molar-refractivity contribution in [1.82, 2.24) is 4.57 Å². The van der Waals surface area contributed by atoms with Crippen LogP contribution in [0.2, 0.25) is 0 Å². The van der Waals surface area contributed by atoms with Crippen molar-refractivity contribution in [2.75, 3.05) is 33.4 Å². The molecule has 1 heterocycles. The molecule has 0 amide bonds. The molecule has 2 N–H and O–H groups in total. The van der Waals surface area contributed by atoms with Crippen LogP contribution in [0.3, 0.4) is 0 Å². The van der Waals surface area contributed by atoms with Crippen molar-refractivity contribution in [3.8, 4) is 0 Å². The molecule has 0 saturated heterocycles. The number of quaternary nitrogens is 1. The highest BCUT2D eigenvalue weighted by atomic mass is 19.1. The van der Waals surface area contributed by atoms with Gasteiger partial charge in [0.2, 0.25) is 0 Å². The lowest BCUT2D eigenvalue weighted by Gasteiger charge is -2.23. The van der Waals surface area contributed by atoms with E-state index in [4.69, 9.17) is 9.47 Å². The number of methoxy groups -OCH3 is 1. The second-order valence-corrected chi connectivity index (χ2v) is 7.53. The maximum Gasteiger partial charge on any atom is 0.305 e. The number of hydrogen-bond donors (Lipinski definition) is 2. The monoisotopic (exact) mass is 421 g/mol. The van der Waals surface area contributed by atoms with Crippen molar-refractivity contribution in [3.05, 3.63) is 59.7 Å². The summed E-state index contributed by atoms with van der Waals surface area (Å²) in [5.74, 6) is -0.498. The molecule has 0 aliphatic carbocycles. The van der Waals surface area contributed by atoms with Gasteiger partial charge in [-0.05, 0) is 24.6 Å². The maximum absolute atomic E-state index is 14.1. The van der Waals surface area contributed by atoms with Crippen molar-refractivity contribution in [3.63, 3.8) is 0 Å². The molecule has 0 aliphatic heterocycles. The summed E-state index contributed by atoms with van der Waals surface area (Å²) in [4.78, 5) is 12.7. The molecule has 0 fully saturated rings. The summed E-state index contributed by atoms with van der Waals surface area (Å²) < 4.78 is 26.4. The van der Waals surface area contributed by atoms with Crippen LogP contribution in [0.4, 0.5) is 4.39 Å². The fourth-order valence-electron chi connectivity index (χ4n) is 3.42. The predicted molar refractivity (Wildman–Crippen MR) is 113 cm³/mol. The second kappa shape index (κ2) is 13.2. The van der Waals surface area contributed by atoms with Crippen molar-refractivity contribution in [2.24, 2.45) is 0 Å². The van der Waals surface area contributed by atoms with Crippen LogP contribution in [-0.4, -0.2) is 55.2 Å². The number of halogens is 1. The normalized spacial score (nSPS) is 13.2. The third-order valence-electron chi connectivity index (χ3n) is 4.95. The molecule has 7 heteroatoms. The molecule has 6 nitrogen and oxygen atoms in total. The van der Waals surface area contributed by atoms with Gasteiger partial charge in [0.05, 0.1) is 25.4 Å². The summed E-state index contributed by atoms with van der Waals surface area (Å²) in [6.45, 7) is 4.94. The smallest absolute Gasteiger partial charge is 0.305 e. The number of nitrogens with zero attached hydrogens (tertiary/aromatic N) is 1. The molecule has 2 aromatic rings. The van der Waals surface area contributed by atoms with Gasteiger partial charge in [-0.1, -0.05) is 25.1 Å². The Morgan fingerprint density at radius 2 is 2.07 bits per heavy atom. The number of hydrogen-bond acceptors (Lipinski definition) is 4. The van der Waals surface area contributed by atoms with Gasteiger partial charge in [0.25, 0.3) is 0 Å². The average molecular weight is 422 g/mol. The van der Waals surface area contributed by atoms with Crippen LogP contribution >= 0.6 is 0 Å². The summed E-state index contributed by atoms with van der Waals surface area (Å²) in [5, 5.41) is 10.4. The van der Waals surface area contributed by atoms with E-state index in [-0.39, 0.29) is 18.4 Å². The Balaban J connectivity index is 1.99. The minimum atomic E-state index is -0.738. The first kappa shape index (κ1) is 24.1. The Bertz CT molecular complexity index is 765. The predicted octanol–water partition coefficient (Wildman–Crippen LogP) is 1.80. The Labute approximate surface area is 178 Å². The molecule has 2 atom stereocenters. The first-order valence-electron chi connectivity index (χ1n) is 10.6. The summed E-state index contributed by atoms with van der Waals surface area (Å²) in [6.07, 6.45) is 3.14. The van der Waals surface area contributed by atoms with Crippen molar-refractivity contribution in [2.45, 2.75) is 45.4 Å². The number of benzene rings is 1. The number of carbonyl (C=O) groups excluding carboxylic acids is 1. The SMILES string of the molecule is CCCC(=O)OC[C@@H](O)C[NH+](CCCOC)Cc1cccn1Cc1ccccc1F. The largest absolute Gasteiger partial charge is 0.463 e. The number of nitrogens with one attached hydrogen (secondary N) is 1. The summed E-state index contributed by atoms with van der Waals surface area (Å²) >= 11 is 0. The molecular formula is C23H34FN2O4+. The Hall–Kier alpha value is -2.22. The molecule has 30 heavy (non-hydrogen) atoms. The minimum Gasteiger partial charge on any atom is -0.463 e. The number of ether oxygens (including phenoxy) is 2. The molecule has 1 aromatic heterocycles. The van der Waals surface area contributed by atoms with E-state index >= 15 is 0 Å². The van der Waals surface area contributed by atoms with Gasteiger partial charge < -0.3 is 24.0 Å². The number of aliphatic hydroxyl groups excluding tert-OH is 1. The molecular weight excluding hydrogens is 387 g/mol. The van der Waals surface area contributed by atoms with Gasteiger partial charge in [0.1, 0.15) is 31.6 Å². The summed E-state index contributed by atoms with van der Waals surface area (Å²) in [6, 6.07) is 10.7. The van der Waals surface area contributed by atoms with E-state index < -0.39 is 6.10 Å². The topological polar surface area (TPSA) is 65.1 Å². The van der Waals surface area contributed by atoms with Crippen LogP contribution in [-0.2, 0) is 27.4 Å². The Morgan fingerprint density at radius 1 is 1.27 bits per heavy atom. The molecule has 0 bridgehead atoms. The van der Waals surface area contributed by atoms with E-state index in [9.17, 15) is 14.3 Å².